The topological polar surface area (TPSA) is 68.0 Å². The van der Waals surface area contributed by atoms with Crippen LogP contribution in [0.15, 0.2) is 27.8 Å². The number of thioether (sulfide) groups is 1. The Morgan fingerprint density at radius 2 is 2.20 bits per heavy atom. The van der Waals surface area contributed by atoms with Gasteiger partial charge in [-0.1, -0.05) is 40.7 Å². The zero-order valence-electron chi connectivity index (χ0n) is 11.1. The van der Waals surface area contributed by atoms with Gasteiger partial charge >= 0.3 is 5.97 Å². The van der Waals surface area contributed by atoms with E-state index in [2.05, 4.69) is 26.1 Å². The molecule has 7 heteroatoms. The van der Waals surface area contributed by atoms with E-state index in [0.717, 1.165) is 28.0 Å². The monoisotopic (exact) mass is 355 g/mol. The molecule has 1 N–H and O–H groups in total. The number of rotatable bonds is 5. The van der Waals surface area contributed by atoms with E-state index in [1.807, 2.05) is 36.6 Å². The molecule has 2 aromatic rings. The summed E-state index contributed by atoms with van der Waals surface area (Å²) < 4.78 is 2.92. The minimum Gasteiger partial charge on any atom is -0.481 e. The van der Waals surface area contributed by atoms with Gasteiger partial charge in [0.25, 0.3) is 0 Å². The number of carboxylic acids is 1. The molecule has 0 saturated carbocycles. The second-order valence-corrected chi connectivity index (χ2v) is 5.95. The summed E-state index contributed by atoms with van der Waals surface area (Å²) in [6, 6.07) is 5.89. The SMILES string of the molecule is CCc1nnc(SCC(=O)O)n1-c1cccc(Br)c1C. The molecule has 20 heavy (non-hydrogen) atoms. The fourth-order valence-electron chi connectivity index (χ4n) is 1.83. The Morgan fingerprint density at radius 1 is 1.45 bits per heavy atom. The van der Waals surface area contributed by atoms with Crippen LogP contribution in [0.4, 0.5) is 0 Å². The van der Waals surface area contributed by atoms with Gasteiger partial charge in [-0.25, -0.2) is 0 Å². The van der Waals surface area contributed by atoms with E-state index in [0.29, 0.717) is 5.16 Å². The second-order valence-electron chi connectivity index (χ2n) is 4.15. The van der Waals surface area contributed by atoms with Crippen molar-refractivity contribution in [2.45, 2.75) is 25.4 Å². The molecule has 5 nitrogen and oxygen atoms in total. The van der Waals surface area contributed by atoms with Crippen LogP contribution in [0.2, 0.25) is 0 Å². The number of aliphatic carboxylic acids is 1. The van der Waals surface area contributed by atoms with Crippen LogP contribution < -0.4 is 0 Å². The highest BCUT2D eigenvalue weighted by Gasteiger charge is 2.16. The summed E-state index contributed by atoms with van der Waals surface area (Å²) in [6.45, 7) is 4.00. The molecule has 1 heterocycles. The van der Waals surface area contributed by atoms with Gasteiger partial charge in [0.15, 0.2) is 5.16 Å². The first-order valence-corrected chi connectivity index (χ1v) is 7.86. The lowest BCUT2D eigenvalue weighted by molar-refractivity contribution is -0.133. The van der Waals surface area contributed by atoms with Crippen LogP contribution in [0, 0.1) is 6.92 Å². The highest BCUT2D eigenvalue weighted by atomic mass is 79.9. The quantitative estimate of drug-likeness (QED) is 0.834. The predicted molar refractivity (Wildman–Crippen MR) is 81.5 cm³/mol. The summed E-state index contributed by atoms with van der Waals surface area (Å²) in [6.07, 6.45) is 0.729. The van der Waals surface area contributed by atoms with Crippen molar-refractivity contribution < 1.29 is 9.90 Å². The van der Waals surface area contributed by atoms with Crippen molar-refractivity contribution in [2.75, 3.05) is 5.75 Å². The van der Waals surface area contributed by atoms with Crippen LogP contribution in [-0.2, 0) is 11.2 Å². The van der Waals surface area contributed by atoms with Crippen molar-refractivity contribution in [1.82, 2.24) is 14.8 Å². The second kappa shape index (κ2) is 6.41. The minimum atomic E-state index is -0.867. The molecule has 0 amide bonds. The lowest BCUT2D eigenvalue weighted by atomic mass is 10.2. The molecule has 0 aliphatic carbocycles. The van der Waals surface area contributed by atoms with Crippen LogP contribution in [-0.4, -0.2) is 31.6 Å². The maximum Gasteiger partial charge on any atom is 0.313 e. The number of aromatic nitrogens is 3. The molecule has 1 aromatic carbocycles. The number of carboxylic acid groups (broad SMARTS) is 1. The average Bonchev–Trinajstić information content (AvgIpc) is 2.82. The summed E-state index contributed by atoms with van der Waals surface area (Å²) in [5.74, 6) is -0.0813. The number of carbonyl (C=O) groups is 1. The van der Waals surface area contributed by atoms with E-state index >= 15 is 0 Å². The van der Waals surface area contributed by atoms with Crippen LogP contribution in [0.3, 0.4) is 0 Å². The third-order valence-corrected chi connectivity index (χ3v) is 4.59. The van der Waals surface area contributed by atoms with Gasteiger partial charge in [0.1, 0.15) is 5.82 Å². The van der Waals surface area contributed by atoms with Crippen molar-refractivity contribution in [3.63, 3.8) is 0 Å². The Bertz CT molecular complexity index is 643. The molecular formula is C13H14BrN3O2S. The summed E-state index contributed by atoms with van der Waals surface area (Å²) in [4.78, 5) is 10.7. The molecular weight excluding hydrogens is 342 g/mol. The van der Waals surface area contributed by atoms with E-state index < -0.39 is 5.97 Å². The number of halogens is 1. The van der Waals surface area contributed by atoms with Gasteiger partial charge in [0.05, 0.1) is 11.4 Å². The number of aryl methyl sites for hydroxylation is 1. The molecule has 0 aliphatic rings. The average molecular weight is 356 g/mol. The minimum absolute atomic E-state index is 0.0328. The van der Waals surface area contributed by atoms with Gasteiger partial charge < -0.3 is 5.11 Å². The number of hydrogen-bond donors (Lipinski definition) is 1. The fraction of sp³-hybridized carbons (Fsp3) is 0.308. The maximum absolute atomic E-state index is 10.7. The van der Waals surface area contributed by atoms with Gasteiger partial charge in [-0.3, -0.25) is 9.36 Å². The predicted octanol–water partition coefficient (Wildman–Crippen LogP) is 3.08. The number of benzene rings is 1. The number of nitrogens with zero attached hydrogens (tertiary/aromatic N) is 3. The van der Waals surface area contributed by atoms with Crippen molar-refractivity contribution in [3.05, 3.63) is 34.1 Å². The van der Waals surface area contributed by atoms with Crippen LogP contribution in [0.5, 0.6) is 0 Å². The molecule has 106 valence electrons. The summed E-state index contributed by atoms with van der Waals surface area (Å²) in [5.41, 5.74) is 2.04. The molecule has 0 saturated heterocycles. The first kappa shape index (κ1) is 15.1. The van der Waals surface area contributed by atoms with Gasteiger partial charge in [0.2, 0.25) is 0 Å². The standard InChI is InChI=1S/C13H14BrN3O2S/c1-3-11-15-16-13(20-7-12(18)19)17(11)10-6-4-5-9(14)8(10)2/h4-6H,3,7H2,1-2H3,(H,18,19). The largest absolute Gasteiger partial charge is 0.481 e. The van der Waals surface area contributed by atoms with E-state index in [9.17, 15) is 4.79 Å². The Kier molecular flexibility index (Phi) is 4.82. The molecule has 1 aromatic heterocycles. The first-order chi connectivity index (χ1) is 9.54. The Labute approximate surface area is 129 Å². The van der Waals surface area contributed by atoms with Crippen LogP contribution >= 0.6 is 27.7 Å². The van der Waals surface area contributed by atoms with Gasteiger partial charge in [-0.2, -0.15) is 0 Å². The molecule has 0 aliphatic heterocycles. The highest BCUT2D eigenvalue weighted by molar-refractivity contribution is 9.10. The summed E-state index contributed by atoms with van der Waals surface area (Å²) >= 11 is 4.69. The van der Waals surface area contributed by atoms with E-state index in [1.165, 1.54) is 11.8 Å². The highest BCUT2D eigenvalue weighted by Crippen LogP contribution is 2.28. The maximum atomic E-state index is 10.7. The summed E-state index contributed by atoms with van der Waals surface area (Å²) in [5, 5.41) is 17.7. The zero-order valence-corrected chi connectivity index (χ0v) is 13.5. The molecule has 0 spiro atoms. The third-order valence-electron chi connectivity index (χ3n) is 2.82. The molecule has 2 rings (SSSR count). The fourth-order valence-corrected chi connectivity index (χ4v) is 2.87. The zero-order chi connectivity index (χ0) is 14.7. The molecule has 0 radical (unpaired) electrons. The van der Waals surface area contributed by atoms with Gasteiger partial charge in [0, 0.05) is 10.9 Å². The van der Waals surface area contributed by atoms with Crippen molar-refractivity contribution >= 4 is 33.7 Å². The summed E-state index contributed by atoms with van der Waals surface area (Å²) in [7, 11) is 0. The molecule has 0 bridgehead atoms. The lowest BCUT2D eigenvalue weighted by Gasteiger charge is -2.12. The Morgan fingerprint density at radius 3 is 2.85 bits per heavy atom. The van der Waals surface area contributed by atoms with Gasteiger partial charge in [-0.15, -0.1) is 10.2 Å². The Balaban J connectivity index is 2.50. The van der Waals surface area contributed by atoms with E-state index in [4.69, 9.17) is 5.11 Å². The molecule has 0 unspecified atom stereocenters. The van der Waals surface area contributed by atoms with Crippen LogP contribution in [0.1, 0.15) is 18.3 Å². The molecule has 0 fully saturated rings. The normalized spacial score (nSPS) is 10.8. The third kappa shape index (κ3) is 3.04. The number of hydrogen-bond acceptors (Lipinski definition) is 4. The smallest absolute Gasteiger partial charge is 0.313 e. The van der Waals surface area contributed by atoms with Gasteiger partial charge in [-0.05, 0) is 24.6 Å². The van der Waals surface area contributed by atoms with E-state index in [-0.39, 0.29) is 5.75 Å². The lowest BCUT2D eigenvalue weighted by Crippen LogP contribution is -2.06. The molecule has 0 atom stereocenters. The van der Waals surface area contributed by atoms with Crippen LogP contribution in [0.25, 0.3) is 5.69 Å². The Hall–Kier alpha value is -1.34. The van der Waals surface area contributed by atoms with Crippen molar-refractivity contribution in [1.29, 1.82) is 0 Å². The first-order valence-electron chi connectivity index (χ1n) is 6.09. The van der Waals surface area contributed by atoms with Crippen molar-refractivity contribution in [2.24, 2.45) is 0 Å². The van der Waals surface area contributed by atoms with Crippen molar-refractivity contribution in [3.8, 4) is 5.69 Å². The van der Waals surface area contributed by atoms with E-state index in [1.54, 1.807) is 0 Å².